The number of carbonyl (C=O) groups is 1. The summed E-state index contributed by atoms with van der Waals surface area (Å²) >= 11 is 0. The van der Waals surface area contributed by atoms with Crippen molar-refractivity contribution >= 4 is 5.91 Å². The molecule has 0 aromatic carbocycles. The van der Waals surface area contributed by atoms with E-state index in [-0.39, 0.29) is 0 Å². The third-order valence-electron chi connectivity index (χ3n) is 6.45. The van der Waals surface area contributed by atoms with Crippen molar-refractivity contribution in [3.8, 4) is 0 Å². The molecule has 0 radical (unpaired) electrons. The number of hydrogen-bond donors (Lipinski definition) is 10. The van der Waals surface area contributed by atoms with Gasteiger partial charge in [0.25, 0.3) is 0 Å². The Balaban J connectivity index is 1.92. The van der Waals surface area contributed by atoms with Gasteiger partial charge in [0.1, 0.15) is 67.1 Å². The summed E-state index contributed by atoms with van der Waals surface area (Å²) in [6, 6.07) is -1.42. The molecule has 15 atom stereocenters. The largest absolute Gasteiger partial charge is 0.394 e. The molecule has 0 saturated carbocycles. The second-order valence-electron chi connectivity index (χ2n) is 9.05. The molecule has 3 aliphatic heterocycles. The molecule has 0 aromatic rings. The van der Waals surface area contributed by atoms with Gasteiger partial charge in [-0.15, -0.1) is 0 Å². The zero-order valence-electron chi connectivity index (χ0n) is 19.5. The van der Waals surface area contributed by atoms with Gasteiger partial charge in [0.15, 0.2) is 18.9 Å². The number of aliphatic hydroxyl groups is 9. The van der Waals surface area contributed by atoms with Crippen molar-refractivity contribution in [1.29, 1.82) is 0 Å². The molecule has 1 amide bonds. The number of amides is 1. The molecule has 3 saturated heterocycles. The third-order valence-corrected chi connectivity index (χ3v) is 6.45. The van der Waals surface area contributed by atoms with E-state index >= 15 is 0 Å². The van der Waals surface area contributed by atoms with E-state index in [9.17, 15) is 50.8 Å². The van der Waals surface area contributed by atoms with Crippen LogP contribution in [0.3, 0.4) is 0 Å². The van der Waals surface area contributed by atoms with E-state index in [0.29, 0.717) is 0 Å². The number of ether oxygens (including phenoxy) is 5. The van der Waals surface area contributed by atoms with E-state index < -0.39 is 111 Å². The maximum Gasteiger partial charge on any atom is 0.217 e. The minimum Gasteiger partial charge on any atom is -0.394 e. The Morgan fingerprint density at radius 1 is 0.722 bits per heavy atom. The fourth-order valence-corrected chi connectivity index (χ4v) is 4.40. The average Bonchev–Trinajstić information content (AvgIpc) is 2.84. The highest BCUT2D eigenvalue weighted by Crippen LogP contribution is 2.32. The van der Waals surface area contributed by atoms with Crippen LogP contribution < -0.4 is 5.32 Å². The van der Waals surface area contributed by atoms with Crippen LogP contribution >= 0.6 is 0 Å². The lowest BCUT2D eigenvalue weighted by Crippen LogP contribution is -2.69. The van der Waals surface area contributed by atoms with E-state index in [1.807, 2.05) is 0 Å². The fraction of sp³-hybridized carbons (Fsp3) is 0.950. The second-order valence-corrected chi connectivity index (χ2v) is 9.05. The van der Waals surface area contributed by atoms with Gasteiger partial charge in [-0.2, -0.15) is 0 Å². The first-order chi connectivity index (χ1) is 16.9. The number of hydrogen-bond acceptors (Lipinski definition) is 15. The number of carbonyl (C=O) groups excluding carboxylic acids is 1. The molecule has 0 bridgehead atoms. The van der Waals surface area contributed by atoms with Gasteiger partial charge in [-0.05, 0) is 6.92 Å². The molecule has 0 aliphatic carbocycles. The summed E-state index contributed by atoms with van der Waals surface area (Å²) in [4.78, 5) is 11.8. The van der Waals surface area contributed by atoms with Gasteiger partial charge in [-0.1, -0.05) is 0 Å². The van der Waals surface area contributed by atoms with Crippen molar-refractivity contribution in [3.63, 3.8) is 0 Å². The van der Waals surface area contributed by atoms with Crippen LogP contribution in [0.5, 0.6) is 0 Å². The first-order valence-electron chi connectivity index (χ1n) is 11.4. The highest BCUT2D eigenvalue weighted by molar-refractivity contribution is 5.73. The van der Waals surface area contributed by atoms with Crippen LogP contribution in [0.2, 0.25) is 0 Å². The summed E-state index contributed by atoms with van der Waals surface area (Å²) in [5.41, 5.74) is 0. The molecule has 36 heavy (non-hydrogen) atoms. The minimum absolute atomic E-state index is 0.646. The topological polar surface area (TPSA) is 257 Å². The second kappa shape index (κ2) is 12.2. The smallest absolute Gasteiger partial charge is 0.217 e. The van der Waals surface area contributed by atoms with Crippen molar-refractivity contribution < 1.29 is 74.4 Å². The van der Waals surface area contributed by atoms with Crippen LogP contribution in [-0.2, 0) is 28.5 Å². The summed E-state index contributed by atoms with van der Waals surface area (Å²) in [5.74, 6) is -0.646. The van der Waals surface area contributed by atoms with Crippen molar-refractivity contribution in [2.45, 2.75) is 106 Å². The van der Waals surface area contributed by atoms with Crippen LogP contribution in [0.25, 0.3) is 0 Å². The van der Waals surface area contributed by atoms with E-state index in [4.69, 9.17) is 23.7 Å². The maximum atomic E-state index is 11.8. The Kier molecular flexibility index (Phi) is 9.97. The standard InChI is InChI=1S/C20H35NO15/c1-5-10(25)12(27)14(29)19(32-5)35-16-8(4-23)33-18(31)9(21-6(2)24)17(16)36-20-15(30)13(28)11(26)7(3-22)34-20/h5,7-20,22-23,25-31H,3-4H2,1-2H3,(H,21,24)/t5-,7+,8+,9+,10+,11-,12+,13-,14-,15+,16+,17+,18?,19?,20?/m0/s1. The van der Waals surface area contributed by atoms with Gasteiger partial charge >= 0.3 is 0 Å². The highest BCUT2D eigenvalue weighted by atomic mass is 16.7. The SMILES string of the molecule is CC(=O)N[C@H]1C(O)O[C@H](CO)[C@@H](OC2O[C@@H](C)[C@@H](O)[C@@H](O)[C@@H]2O)[C@@H]1OC1O[C@H](CO)[C@H](O)[C@H](O)[C@H]1O. The lowest BCUT2D eigenvalue weighted by molar-refractivity contribution is -0.370. The Bertz CT molecular complexity index is 729. The van der Waals surface area contributed by atoms with Gasteiger partial charge in [0, 0.05) is 6.92 Å². The number of nitrogens with one attached hydrogen (secondary N) is 1. The minimum atomic E-state index is -1.86. The monoisotopic (exact) mass is 529 g/mol. The molecule has 16 nitrogen and oxygen atoms in total. The average molecular weight is 529 g/mol. The molecule has 0 spiro atoms. The molecule has 16 heteroatoms. The molecule has 3 rings (SSSR count). The first-order valence-corrected chi connectivity index (χ1v) is 11.4. The van der Waals surface area contributed by atoms with Crippen LogP contribution in [0.15, 0.2) is 0 Å². The summed E-state index contributed by atoms with van der Waals surface area (Å²) in [7, 11) is 0. The van der Waals surface area contributed by atoms with Crippen molar-refractivity contribution in [2.75, 3.05) is 13.2 Å². The zero-order valence-corrected chi connectivity index (χ0v) is 19.5. The molecule has 3 aliphatic rings. The molecular formula is C20H35NO15. The Labute approximate surface area is 205 Å². The predicted octanol–water partition coefficient (Wildman–Crippen LogP) is -6.40. The summed E-state index contributed by atoms with van der Waals surface area (Å²) in [6.07, 6.45) is -22.0. The van der Waals surface area contributed by atoms with Gasteiger partial charge in [0.2, 0.25) is 5.91 Å². The number of rotatable bonds is 7. The third kappa shape index (κ3) is 5.97. The quantitative estimate of drug-likeness (QED) is 0.147. The van der Waals surface area contributed by atoms with Gasteiger partial charge in [0.05, 0.1) is 19.3 Å². The molecule has 3 unspecified atom stereocenters. The highest BCUT2D eigenvalue weighted by Gasteiger charge is 2.54. The normalized spacial score (nSPS) is 50.0. The Hall–Kier alpha value is -1.09. The number of aliphatic hydroxyl groups excluding tert-OH is 9. The lowest BCUT2D eigenvalue weighted by Gasteiger charge is -2.49. The Morgan fingerprint density at radius 3 is 1.81 bits per heavy atom. The fourth-order valence-electron chi connectivity index (χ4n) is 4.40. The van der Waals surface area contributed by atoms with Crippen LogP contribution in [-0.4, -0.2) is 157 Å². The first kappa shape index (κ1) is 29.5. The van der Waals surface area contributed by atoms with Crippen LogP contribution in [0.4, 0.5) is 0 Å². The van der Waals surface area contributed by atoms with Crippen LogP contribution in [0.1, 0.15) is 13.8 Å². The van der Waals surface area contributed by atoms with E-state index in [1.165, 1.54) is 6.92 Å². The van der Waals surface area contributed by atoms with E-state index in [1.54, 1.807) is 0 Å². The van der Waals surface area contributed by atoms with Crippen molar-refractivity contribution in [2.24, 2.45) is 0 Å². The van der Waals surface area contributed by atoms with Gasteiger partial charge in [-0.3, -0.25) is 4.79 Å². The Morgan fingerprint density at radius 2 is 1.25 bits per heavy atom. The summed E-state index contributed by atoms with van der Waals surface area (Å²) in [6.45, 7) is 1.00. The van der Waals surface area contributed by atoms with Crippen LogP contribution in [0, 0.1) is 0 Å². The van der Waals surface area contributed by atoms with Gasteiger partial charge in [-0.25, -0.2) is 0 Å². The molecule has 10 N–H and O–H groups in total. The summed E-state index contributed by atoms with van der Waals surface area (Å²) in [5, 5.41) is 93.2. The van der Waals surface area contributed by atoms with Crippen molar-refractivity contribution in [3.05, 3.63) is 0 Å². The molecule has 3 heterocycles. The zero-order chi connectivity index (χ0) is 26.9. The molecular weight excluding hydrogens is 494 g/mol. The van der Waals surface area contributed by atoms with E-state index in [0.717, 1.165) is 6.92 Å². The predicted molar refractivity (Wildman–Crippen MR) is 111 cm³/mol. The van der Waals surface area contributed by atoms with E-state index in [2.05, 4.69) is 5.32 Å². The molecule has 0 aromatic heterocycles. The summed E-state index contributed by atoms with van der Waals surface area (Å²) < 4.78 is 27.7. The molecule has 3 fully saturated rings. The maximum absolute atomic E-state index is 11.8. The molecule has 210 valence electrons. The van der Waals surface area contributed by atoms with Crippen molar-refractivity contribution in [1.82, 2.24) is 5.32 Å². The lowest BCUT2D eigenvalue weighted by atomic mass is 9.94. The van der Waals surface area contributed by atoms with Gasteiger partial charge < -0.3 is 75.0 Å².